The first-order valence-electron chi connectivity index (χ1n) is 6.11. The SMILES string of the molecule is c1ccc2[nH]c(CSc3ncnc4nc[nH]c34)nc2c1. The third-order valence-corrected chi connectivity index (χ3v) is 3.97. The second-order valence-corrected chi connectivity index (χ2v) is 5.23. The third kappa shape index (κ3) is 1.92. The van der Waals surface area contributed by atoms with Gasteiger partial charge in [-0.2, -0.15) is 0 Å². The predicted molar refractivity (Wildman–Crippen MR) is 77.3 cm³/mol. The molecule has 0 spiro atoms. The minimum absolute atomic E-state index is 0.687. The smallest absolute Gasteiger partial charge is 0.181 e. The topological polar surface area (TPSA) is 83.1 Å². The molecule has 0 unspecified atom stereocenters. The highest BCUT2D eigenvalue weighted by Gasteiger charge is 2.08. The maximum absolute atomic E-state index is 4.55. The number of rotatable bonds is 3. The predicted octanol–water partition coefficient (Wildman–Crippen LogP) is 2.52. The van der Waals surface area contributed by atoms with Gasteiger partial charge in [-0.15, -0.1) is 0 Å². The Bertz CT molecular complexity index is 847. The van der Waals surface area contributed by atoms with Gasteiger partial charge in [-0.25, -0.2) is 19.9 Å². The number of hydrogen-bond donors (Lipinski definition) is 2. The molecule has 0 saturated carbocycles. The molecule has 4 rings (SSSR count). The van der Waals surface area contributed by atoms with Crippen molar-refractivity contribution in [2.75, 3.05) is 0 Å². The molecule has 0 bridgehead atoms. The van der Waals surface area contributed by atoms with E-state index in [9.17, 15) is 0 Å². The normalized spacial score (nSPS) is 11.4. The van der Waals surface area contributed by atoms with Gasteiger partial charge in [0.25, 0.3) is 0 Å². The summed E-state index contributed by atoms with van der Waals surface area (Å²) in [5.74, 6) is 1.65. The zero-order valence-electron chi connectivity index (χ0n) is 10.4. The van der Waals surface area contributed by atoms with Crippen LogP contribution in [-0.4, -0.2) is 29.9 Å². The van der Waals surface area contributed by atoms with E-state index in [-0.39, 0.29) is 0 Å². The number of imidazole rings is 2. The summed E-state index contributed by atoms with van der Waals surface area (Å²) in [6.45, 7) is 0. The molecule has 3 heterocycles. The number of hydrogen-bond acceptors (Lipinski definition) is 5. The number of fused-ring (bicyclic) bond motifs is 2. The largest absolute Gasteiger partial charge is 0.341 e. The number of H-pyrrole nitrogens is 2. The minimum Gasteiger partial charge on any atom is -0.341 e. The molecule has 0 aliphatic heterocycles. The Balaban J connectivity index is 1.62. The maximum atomic E-state index is 4.55. The molecular weight excluding hydrogens is 272 g/mol. The lowest BCUT2D eigenvalue weighted by molar-refractivity contribution is 1.07. The molecule has 7 heteroatoms. The van der Waals surface area contributed by atoms with E-state index in [0.717, 1.165) is 33.2 Å². The summed E-state index contributed by atoms with van der Waals surface area (Å²) in [4.78, 5) is 23.4. The summed E-state index contributed by atoms with van der Waals surface area (Å²) < 4.78 is 0. The van der Waals surface area contributed by atoms with Crippen LogP contribution in [0, 0.1) is 0 Å². The summed E-state index contributed by atoms with van der Waals surface area (Å²) in [5, 5.41) is 0.882. The first-order chi connectivity index (χ1) is 9.90. The molecule has 0 fully saturated rings. The van der Waals surface area contributed by atoms with E-state index >= 15 is 0 Å². The van der Waals surface area contributed by atoms with Crippen LogP contribution in [0.2, 0.25) is 0 Å². The fourth-order valence-corrected chi connectivity index (χ4v) is 2.89. The summed E-state index contributed by atoms with van der Waals surface area (Å²) >= 11 is 1.61. The van der Waals surface area contributed by atoms with Crippen molar-refractivity contribution in [3.05, 3.63) is 42.7 Å². The molecule has 20 heavy (non-hydrogen) atoms. The van der Waals surface area contributed by atoms with Crippen LogP contribution >= 0.6 is 11.8 Å². The number of nitrogens with zero attached hydrogens (tertiary/aromatic N) is 4. The minimum atomic E-state index is 0.687. The molecule has 2 N–H and O–H groups in total. The van der Waals surface area contributed by atoms with Crippen LogP contribution in [0.4, 0.5) is 0 Å². The van der Waals surface area contributed by atoms with Gasteiger partial charge in [-0.3, -0.25) is 0 Å². The van der Waals surface area contributed by atoms with E-state index < -0.39 is 0 Å². The average molecular weight is 282 g/mol. The quantitative estimate of drug-likeness (QED) is 0.445. The first-order valence-corrected chi connectivity index (χ1v) is 7.09. The van der Waals surface area contributed by atoms with E-state index in [1.807, 2.05) is 24.3 Å². The molecule has 0 aliphatic carbocycles. The van der Waals surface area contributed by atoms with Crippen molar-refractivity contribution in [1.29, 1.82) is 0 Å². The van der Waals surface area contributed by atoms with Gasteiger partial charge in [-0.1, -0.05) is 23.9 Å². The van der Waals surface area contributed by atoms with Gasteiger partial charge in [0, 0.05) is 0 Å². The van der Waals surface area contributed by atoms with Gasteiger partial charge in [0.2, 0.25) is 0 Å². The van der Waals surface area contributed by atoms with E-state index in [1.54, 1.807) is 18.1 Å². The van der Waals surface area contributed by atoms with Gasteiger partial charge in [0.05, 0.1) is 23.1 Å². The molecule has 6 nitrogen and oxygen atoms in total. The van der Waals surface area contributed by atoms with Crippen LogP contribution < -0.4 is 0 Å². The molecule has 0 atom stereocenters. The van der Waals surface area contributed by atoms with Crippen molar-refractivity contribution in [2.24, 2.45) is 0 Å². The van der Waals surface area contributed by atoms with Gasteiger partial charge in [-0.05, 0) is 12.1 Å². The van der Waals surface area contributed by atoms with Crippen LogP contribution in [0.15, 0.2) is 41.9 Å². The number of aromatic nitrogens is 6. The lowest BCUT2D eigenvalue weighted by atomic mass is 10.3. The molecule has 0 aliphatic rings. The zero-order chi connectivity index (χ0) is 13.4. The van der Waals surface area contributed by atoms with Crippen molar-refractivity contribution in [1.82, 2.24) is 29.9 Å². The van der Waals surface area contributed by atoms with Crippen LogP contribution in [-0.2, 0) is 5.75 Å². The van der Waals surface area contributed by atoms with Gasteiger partial charge in [0.15, 0.2) is 5.65 Å². The summed E-state index contributed by atoms with van der Waals surface area (Å²) in [6.07, 6.45) is 3.16. The van der Waals surface area contributed by atoms with E-state index in [1.165, 1.54) is 6.33 Å². The lowest BCUT2D eigenvalue weighted by Gasteiger charge is -1.98. The molecule has 0 radical (unpaired) electrons. The number of benzene rings is 1. The van der Waals surface area contributed by atoms with Crippen LogP contribution in [0.1, 0.15) is 5.82 Å². The van der Waals surface area contributed by atoms with Crippen molar-refractivity contribution in [2.45, 2.75) is 10.8 Å². The average Bonchev–Trinajstić information content (AvgIpc) is 3.11. The highest BCUT2D eigenvalue weighted by molar-refractivity contribution is 7.98. The standard InChI is InChI=1S/C13H10N6S/c1-2-4-9-8(3-1)18-10(19-9)5-20-13-11-12(15-6-14-11)16-7-17-13/h1-4,6-7H,5H2,(H,18,19)(H,14,15,16,17). The Labute approximate surface area is 118 Å². The molecular formula is C13H10N6S. The molecule has 0 amide bonds. The molecule has 4 aromatic rings. The Morgan fingerprint density at radius 3 is 3.00 bits per heavy atom. The second kappa shape index (κ2) is 4.61. The maximum Gasteiger partial charge on any atom is 0.181 e. The first kappa shape index (κ1) is 11.4. The highest BCUT2D eigenvalue weighted by Crippen LogP contribution is 2.25. The Morgan fingerprint density at radius 2 is 2.05 bits per heavy atom. The third-order valence-electron chi connectivity index (χ3n) is 2.97. The van der Waals surface area contributed by atoms with Crippen LogP contribution in [0.25, 0.3) is 22.2 Å². The van der Waals surface area contributed by atoms with Gasteiger partial charge in [0.1, 0.15) is 22.7 Å². The Hall–Kier alpha value is -2.41. The molecule has 98 valence electrons. The van der Waals surface area contributed by atoms with Crippen molar-refractivity contribution >= 4 is 34.0 Å². The lowest BCUT2D eigenvalue weighted by Crippen LogP contribution is -1.88. The number of nitrogens with one attached hydrogen (secondary N) is 2. The van der Waals surface area contributed by atoms with E-state index in [4.69, 9.17) is 0 Å². The molecule has 1 aromatic carbocycles. The van der Waals surface area contributed by atoms with Gasteiger partial charge >= 0.3 is 0 Å². The van der Waals surface area contributed by atoms with E-state index in [0.29, 0.717) is 5.65 Å². The monoisotopic (exact) mass is 282 g/mol. The highest BCUT2D eigenvalue weighted by atomic mass is 32.2. The number of thioether (sulfide) groups is 1. The second-order valence-electron chi connectivity index (χ2n) is 4.27. The number of aromatic amines is 2. The fraction of sp³-hybridized carbons (Fsp3) is 0.0769. The van der Waals surface area contributed by atoms with Crippen molar-refractivity contribution in [3.8, 4) is 0 Å². The van der Waals surface area contributed by atoms with Crippen LogP contribution in [0.3, 0.4) is 0 Å². The molecule has 0 saturated heterocycles. The summed E-state index contributed by atoms with van der Waals surface area (Å²) in [6, 6.07) is 8.00. The van der Waals surface area contributed by atoms with Crippen LogP contribution in [0.5, 0.6) is 0 Å². The zero-order valence-corrected chi connectivity index (χ0v) is 11.2. The van der Waals surface area contributed by atoms with Crippen molar-refractivity contribution < 1.29 is 0 Å². The van der Waals surface area contributed by atoms with Crippen molar-refractivity contribution in [3.63, 3.8) is 0 Å². The van der Waals surface area contributed by atoms with E-state index in [2.05, 4.69) is 29.9 Å². The Morgan fingerprint density at radius 1 is 1.10 bits per heavy atom. The Kier molecular flexibility index (Phi) is 2.63. The summed E-state index contributed by atoms with van der Waals surface area (Å²) in [7, 11) is 0. The van der Waals surface area contributed by atoms with Gasteiger partial charge < -0.3 is 9.97 Å². The fourth-order valence-electron chi connectivity index (χ4n) is 2.06. The summed E-state index contributed by atoms with van der Waals surface area (Å²) in [5.41, 5.74) is 3.59. The molecule has 3 aromatic heterocycles. The number of para-hydroxylation sites is 2.